The number of thiazole rings is 1. The van der Waals surface area contributed by atoms with Crippen LogP contribution in [0.2, 0.25) is 0 Å². The van der Waals surface area contributed by atoms with E-state index in [2.05, 4.69) is 53.1 Å². The highest BCUT2D eigenvalue weighted by atomic mass is 32.1. The second-order valence-electron chi connectivity index (χ2n) is 10.0. The van der Waals surface area contributed by atoms with Gasteiger partial charge in [-0.1, -0.05) is 96.6 Å². The Morgan fingerprint density at radius 2 is 1.55 bits per heavy atom. The molecule has 0 aliphatic rings. The maximum atomic E-state index is 12.7. The van der Waals surface area contributed by atoms with E-state index in [0.29, 0.717) is 30.2 Å². The van der Waals surface area contributed by atoms with Gasteiger partial charge in [-0.25, -0.2) is 4.98 Å². The van der Waals surface area contributed by atoms with Crippen molar-refractivity contribution in [2.24, 2.45) is 0 Å². The summed E-state index contributed by atoms with van der Waals surface area (Å²) in [6, 6.07) is 34.4. The fraction of sp³-hybridized carbons (Fsp3) is 0.171. The third-order valence-electron chi connectivity index (χ3n) is 6.86. The fourth-order valence-corrected chi connectivity index (χ4v) is 5.48. The summed E-state index contributed by atoms with van der Waals surface area (Å²) in [6.07, 6.45) is 2.78. The highest BCUT2D eigenvalue weighted by molar-refractivity contribution is 7.13. The topological polar surface area (TPSA) is 80.3 Å². The lowest BCUT2D eigenvalue weighted by atomic mass is 9.94. The van der Waals surface area contributed by atoms with E-state index in [1.54, 1.807) is 5.38 Å². The summed E-state index contributed by atoms with van der Waals surface area (Å²) in [6.45, 7) is 2.53. The van der Waals surface area contributed by atoms with Crippen molar-refractivity contribution in [1.29, 1.82) is 0 Å². The number of ether oxygens (including phenoxy) is 1. The lowest BCUT2D eigenvalue weighted by molar-refractivity contribution is -0.121. The van der Waals surface area contributed by atoms with Crippen LogP contribution in [0.25, 0.3) is 21.7 Å². The van der Waals surface area contributed by atoms with Gasteiger partial charge in [0.05, 0.1) is 5.56 Å². The predicted molar refractivity (Wildman–Crippen MR) is 168 cm³/mol. The van der Waals surface area contributed by atoms with Gasteiger partial charge in [0, 0.05) is 11.8 Å². The van der Waals surface area contributed by atoms with Gasteiger partial charge in [-0.2, -0.15) is 0 Å². The third-order valence-corrected chi connectivity index (χ3v) is 7.73. The van der Waals surface area contributed by atoms with Crippen LogP contribution in [0.5, 0.6) is 5.75 Å². The van der Waals surface area contributed by atoms with Crippen LogP contribution in [0.3, 0.4) is 0 Å². The van der Waals surface area contributed by atoms with Crippen molar-refractivity contribution in [2.45, 2.75) is 39.2 Å². The first-order chi connectivity index (χ1) is 20.6. The molecule has 1 heterocycles. The van der Waals surface area contributed by atoms with Gasteiger partial charge in [-0.3, -0.25) is 20.4 Å². The Morgan fingerprint density at radius 3 is 2.36 bits per heavy atom. The number of aryl methyl sites for hydroxylation is 2. The van der Waals surface area contributed by atoms with Gasteiger partial charge < -0.3 is 4.74 Å². The van der Waals surface area contributed by atoms with Crippen LogP contribution in [0.15, 0.2) is 109 Å². The normalized spacial score (nSPS) is 10.7. The number of para-hydroxylation sites is 1. The molecule has 5 rings (SSSR count). The maximum Gasteiger partial charge on any atom is 0.289 e. The zero-order valence-corrected chi connectivity index (χ0v) is 24.3. The first-order valence-corrected chi connectivity index (χ1v) is 14.9. The van der Waals surface area contributed by atoms with Gasteiger partial charge in [0.1, 0.15) is 23.1 Å². The molecule has 0 saturated heterocycles. The smallest absolute Gasteiger partial charge is 0.289 e. The van der Waals surface area contributed by atoms with Crippen molar-refractivity contribution >= 4 is 23.2 Å². The lowest BCUT2D eigenvalue weighted by Gasteiger charge is -2.11. The van der Waals surface area contributed by atoms with E-state index in [4.69, 9.17) is 4.74 Å². The number of nitrogens with zero attached hydrogens (tertiary/aromatic N) is 1. The molecule has 0 bridgehead atoms. The van der Waals surface area contributed by atoms with Crippen LogP contribution < -0.4 is 15.6 Å². The number of hydrogen-bond donors (Lipinski definition) is 2. The summed E-state index contributed by atoms with van der Waals surface area (Å²) in [5.74, 6) is 0.00355. The molecular formula is C35H33N3O3S. The standard InChI is InChI=1S/C35H33N3O3S/c1-25-20-21-28(30(22-25)27-14-6-3-7-15-27)16-8-11-19-33(39)37-38-34(40)31-24-42-35(36-31)29-17-9-10-18-32(29)41-23-26-12-4-2-5-13-26/h2-7,9-10,12-15,17-18,20-22,24H,8,11,16,19,23H2,1H3,(H,37,39)(H,38,40). The van der Waals surface area contributed by atoms with E-state index < -0.39 is 5.91 Å². The van der Waals surface area contributed by atoms with Crippen molar-refractivity contribution in [3.8, 4) is 27.4 Å². The predicted octanol–water partition coefficient (Wildman–Crippen LogP) is 7.54. The Kier molecular flexibility index (Phi) is 9.75. The molecule has 0 fully saturated rings. The second-order valence-corrected chi connectivity index (χ2v) is 10.9. The molecule has 5 aromatic rings. The molecule has 0 spiro atoms. The summed E-state index contributed by atoms with van der Waals surface area (Å²) in [5, 5.41) is 2.34. The van der Waals surface area contributed by atoms with Gasteiger partial charge >= 0.3 is 0 Å². The van der Waals surface area contributed by atoms with Crippen LogP contribution in [0, 0.1) is 6.92 Å². The molecule has 0 radical (unpaired) electrons. The van der Waals surface area contributed by atoms with Crippen molar-refractivity contribution in [2.75, 3.05) is 0 Å². The van der Waals surface area contributed by atoms with Gasteiger partial charge in [0.2, 0.25) is 5.91 Å². The molecule has 1 aromatic heterocycles. The maximum absolute atomic E-state index is 12.7. The molecule has 2 amide bonds. The van der Waals surface area contributed by atoms with E-state index in [9.17, 15) is 9.59 Å². The second kappa shape index (κ2) is 14.2. The number of hydrazine groups is 1. The minimum Gasteiger partial charge on any atom is -0.488 e. The molecule has 42 heavy (non-hydrogen) atoms. The summed E-state index contributed by atoms with van der Waals surface area (Å²) in [4.78, 5) is 29.6. The van der Waals surface area contributed by atoms with Gasteiger partial charge in [0.15, 0.2) is 0 Å². The highest BCUT2D eigenvalue weighted by Gasteiger charge is 2.15. The number of aromatic nitrogens is 1. The molecule has 2 N–H and O–H groups in total. The number of rotatable bonds is 11. The Balaban J connectivity index is 1.09. The summed E-state index contributed by atoms with van der Waals surface area (Å²) in [5.41, 5.74) is 12.1. The number of carbonyl (C=O) groups excluding carboxylic acids is 2. The molecule has 4 aromatic carbocycles. The van der Waals surface area contributed by atoms with E-state index >= 15 is 0 Å². The number of hydrogen-bond acceptors (Lipinski definition) is 5. The molecule has 0 unspecified atom stereocenters. The van der Waals surface area contributed by atoms with E-state index in [0.717, 1.165) is 24.0 Å². The van der Waals surface area contributed by atoms with Crippen LogP contribution in [0.1, 0.15) is 46.4 Å². The quantitative estimate of drug-likeness (QED) is 0.126. The number of carbonyl (C=O) groups is 2. The number of unbranched alkanes of at least 4 members (excludes halogenated alkanes) is 1. The molecule has 0 aliphatic carbocycles. The minimum atomic E-state index is -0.458. The Bertz CT molecular complexity index is 1630. The molecule has 0 aliphatic heterocycles. The Morgan fingerprint density at radius 1 is 0.810 bits per heavy atom. The van der Waals surface area contributed by atoms with Crippen LogP contribution in [-0.2, 0) is 17.8 Å². The van der Waals surface area contributed by atoms with E-state index in [-0.39, 0.29) is 11.6 Å². The van der Waals surface area contributed by atoms with Crippen molar-refractivity contribution in [3.63, 3.8) is 0 Å². The number of nitrogens with one attached hydrogen (secondary N) is 2. The van der Waals surface area contributed by atoms with Crippen molar-refractivity contribution < 1.29 is 14.3 Å². The minimum absolute atomic E-state index is 0.231. The monoisotopic (exact) mass is 575 g/mol. The largest absolute Gasteiger partial charge is 0.488 e. The van der Waals surface area contributed by atoms with Crippen molar-refractivity contribution in [1.82, 2.24) is 15.8 Å². The molecule has 212 valence electrons. The molecule has 0 saturated carbocycles. The summed E-state index contributed by atoms with van der Waals surface area (Å²) in [7, 11) is 0. The molecule has 6 nitrogen and oxygen atoms in total. The van der Waals surface area contributed by atoms with Crippen LogP contribution in [0.4, 0.5) is 0 Å². The Hall–Kier alpha value is -4.75. The van der Waals surface area contributed by atoms with Crippen molar-refractivity contribution in [3.05, 3.63) is 131 Å². The van der Waals surface area contributed by atoms with E-state index in [1.807, 2.05) is 72.8 Å². The van der Waals surface area contributed by atoms with Crippen LogP contribution >= 0.6 is 11.3 Å². The SMILES string of the molecule is Cc1ccc(CCCCC(=O)NNC(=O)c2csc(-c3ccccc3OCc3ccccc3)n2)c(-c2ccccc2)c1. The molecular weight excluding hydrogens is 542 g/mol. The number of benzene rings is 4. The zero-order valence-electron chi connectivity index (χ0n) is 23.5. The molecule has 0 atom stereocenters. The van der Waals surface area contributed by atoms with Crippen LogP contribution in [-0.4, -0.2) is 16.8 Å². The lowest BCUT2D eigenvalue weighted by Crippen LogP contribution is -2.41. The summed E-state index contributed by atoms with van der Waals surface area (Å²) >= 11 is 1.35. The van der Waals surface area contributed by atoms with Gasteiger partial charge in [0.25, 0.3) is 5.91 Å². The third kappa shape index (κ3) is 7.71. The molecule has 7 heteroatoms. The first-order valence-electron chi connectivity index (χ1n) is 14.0. The van der Waals surface area contributed by atoms with E-state index in [1.165, 1.54) is 33.6 Å². The Labute approximate surface area is 250 Å². The average molecular weight is 576 g/mol. The average Bonchev–Trinajstić information content (AvgIpc) is 3.53. The first kappa shape index (κ1) is 28.8. The summed E-state index contributed by atoms with van der Waals surface area (Å²) < 4.78 is 6.04. The number of amides is 2. The van der Waals surface area contributed by atoms with Gasteiger partial charge in [-0.15, -0.1) is 11.3 Å². The van der Waals surface area contributed by atoms with Gasteiger partial charge in [-0.05, 0) is 60.6 Å². The zero-order chi connectivity index (χ0) is 29.1. The fourth-order valence-electron chi connectivity index (χ4n) is 4.66. The highest BCUT2D eigenvalue weighted by Crippen LogP contribution is 2.32.